The third-order valence-electron chi connectivity index (χ3n) is 3.91. The van der Waals surface area contributed by atoms with Crippen LogP contribution in [0.1, 0.15) is 24.1 Å². The van der Waals surface area contributed by atoms with Crippen LogP contribution in [-0.4, -0.2) is 36.9 Å². The summed E-state index contributed by atoms with van der Waals surface area (Å²) in [6.07, 6.45) is 0. The molecule has 138 valence electrons. The second-order valence-electron chi connectivity index (χ2n) is 6.43. The fourth-order valence-electron chi connectivity index (χ4n) is 2.51. The molecule has 2 aromatic rings. The molecule has 2 amide bonds. The van der Waals surface area contributed by atoms with Gasteiger partial charge in [0.1, 0.15) is 0 Å². The first kappa shape index (κ1) is 20.1. The highest BCUT2D eigenvalue weighted by atomic mass is 79.9. The Labute approximate surface area is 162 Å². The van der Waals surface area contributed by atoms with Gasteiger partial charge in [0.2, 0.25) is 11.8 Å². The van der Waals surface area contributed by atoms with E-state index in [1.807, 2.05) is 62.4 Å². The van der Waals surface area contributed by atoms with Crippen molar-refractivity contribution < 1.29 is 9.59 Å². The molecule has 26 heavy (non-hydrogen) atoms. The molecule has 0 bridgehead atoms. The Morgan fingerprint density at radius 3 is 2.19 bits per heavy atom. The summed E-state index contributed by atoms with van der Waals surface area (Å²) in [7, 11) is 1.75. The molecule has 2 aromatic carbocycles. The van der Waals surface area contributed by atoms with Crippen molar-refractivity contribution in [1.29, 1.82) is 0 Å². The quantitative estimate of drug-likeness (QED) is 0.724. The van der Waals surface area contributed by atoms with E-state index in [1.54, 1.807) is 11.9 Å². The van der Waals surface area contributed by atoms with Crippen molar-refractivity contribution in [2.45, 2.75) is 19.9 Å². The van der Waals surface area contributed by atoms with Crippen LogP contribution in [0, 0.1) is 6.92 Å². The average molecular weight is 418 g/mol. The van der Waals surface area contributed by atoms with Crippen molar-refractivity contribution in [2.75, 3.05) is 25.5 Å². The second-order valence-corrected chi connectivity index (χ2v) is 7.34. The molecule has 1 unspecified atom stereocenters. The Balaban J connectivity index is 1.78. The number of amides is 2. The van der Waals surface area contributed by atoms with Crippen molar-refractivity contribution >= 4 is 33.4 Å². The van der Waals surface area contributed by atoms with Gasteiger partial charge in [-0.3, -0.25) is 14.5 Å². The van der Waals surface area contributed by atoms with Crippen LogP contribution in [-0.2, 0) is 9.59 Å². The van der Waals surface area contributed by atoms with E-state index in [1.165, 1.54) is 0 Å². The molecule has 2 rings (SSSR count). The van der Waals surface area contributed by atoms with E-state index in [-0.39, 0.29) is 30.9 Å². The number of nitrogens with one attached hydrogen (secondary N) is 2. The van der Waals surface area contributed by atoms with Crippen molar-refractivity contribution in [2.24, 2.45) is 0 Å². The Hall–Kier alpha value is -2.18. The second kappa shape index (κ2) is 9.50. The van der Waals surface area contributed by atoms with Gasteiger partial charge in [0.05, 0.1) is 19.1 Å². The molecule has 6 heteroatoms. The maximum Gasteiger partial charge on any atom is 0.238 e. The standard InChI is InChI=1S/C20H24BrN3O2/c1-14-4-10-18(11-5-14)23-20(26)13-24(3)12-19(25)22-15(2)16-6-8-17(21)9-7-16/h4-11,15H,12-13H2,1-3H3,(H,22,25)(H,23,26). The minimum Gasteiger partial charge on any atom is -0.348 e. The van der Waals surface area contributed by atoms with E-state index in [4.69, 9.17) is 0 Å². The molecule has 0 saturated heterocycles. The van der Waals surface area contributed by atoms with E-state index in [0.717, 1.165) is 21.3 Å². The van der Waals surface area contributed by atoms with Gasteiger partial charge in [-0.25, -0.2) is 0 Å². The number of carbonyl (C=O) groups excluding carboxylic acids is 2. The molecular weight excluding hydrogens is 394 g/mol. The lowest BCUT2D eigenvalue weighted by Gasteiger charge is -2.19. The topological polar surface area (TPSA) is 61.4 Å². The van der Waals surface area contributed by atoms with Crippen LogP contribution >= 0.6 is 15.9 Å². The number of hydrogen-bond donors (Lipinski definition) is 2. The zero-order valence-corrected chi connectivity index (χ0v) is 16.8. The van der Waals surface area contributed by atoms with Gasteiger partial charge in [0, 0.05) is 10.2 Å². The highest BCUT2D eigenvalue weighted by Crippen LogP contribution is 2.16. The molecule has 0 aliphatic carbocycles. The van der Waals surface area contributed by atoms with Crippen LogP contribution in [0.4, 0.5) is 5.69 Å². The molecule has 1 atom stereocenters. The molecule has 0 aromatic heterocycles. The number of nitrogens with zero attached hydrogens (tertiary/aromatic N) is 1. The van der Waals surface area contributed by atoms with Crippen LogP contribution in [0.2, 0.25) is 0 Å². The van der Waals surface area contributed by atoms with Crippen molar-refractivity contribution in [1.82, 2.24) is 10.2 Å². The number of aryl methyl sites for hydroxylation is 1. The number of carbonyl (C=O) groups is 2. The molecule has 0 fully saturated rings. The van der Waals surface area contributed by atoms with E-state index < -0.39 is 0 Å². The highest BCUT2D eigenvalue weighted by molar-refractivity contribution is 9.10. The number of likely N-dealkylation sites (N-methyl/N-ethyl adjacent to an activating group) is 1. The van der Waals surface area contributed by atoms with Gasteiger partial charge in [-0.05, 0) is 50.7 Å². The number of rotatable bonds is 7. The first-order valence-electron chi connectivity index (χ1n) is 8.43. The Bertz CT molecular complexity index is 745. The largest absolute Gasteiger partial charge is 0.348 e. The molecular formula is C20H24BrN3O2. The molecule has 0 aliphatic heterocycles. The summed E-state index contributed by atoms with van der Waals surface area (Å²) in [6, 6.07) is 15.3. The van der Waals surface area contributed by atoms with Gasteiger partial charge in [-0.2, -0.15) is 0 Å². The van der Waals surface area contributed by atoms with E-state index in [2.05, 4.69) is 26.6 Å². The number of anilines is 1. The summed E-state index contributed by atoms with van der Waals surface area (Å²) in [5.41, 5.74) is 2.92. The van der Waals surface area contributed by atoms with E-state index in [0.29, 0.717) is 0 Å². The molecule has 5 nitrogen and oxygen atoms in total. The predicted octanol–water partition coefficient (Wildman–Crippen LogP) is 3.51. The zero-order chi connectivity index (χ0) is 19.1. The molecule has 0 radical (unpaired) electrons. The first-order chi connectivity index (χ1) is 12.3. The van der Waals surface area contributed by atoms with Gasteiger partial charge >= 0.3 is 0 Å². The summed E-state index contributed by atoms with van der Waals surface area (Å²) >= 11 is 3.40. The van der Waals surface area contributed by atoms with Gasteiger partial charge in [0.15, 0.2) is 0 Å². The minimum absolute atomic E-state index is 0.0922. The summed E-state index contributed by atoms with van der Waals surface area (Å²) in [5.74, 6) is -0.267. The zero-order valence-electron chi connectivity index (χ0n) is 15.3. The molecule has 0 spiro atoms. The molecule has 0 heterocycles. The van der Waals surface area contributed by atoms with Crippen LogP contribution < -0.4 is 10.6 Å². The van der Waals surface area contributed by atoms with Gasteiger partial charge in [0.25, 0.3) is 0 Å². The summed E-state index contributed by atoms with van der Waals surface area (Å²) in [5, 5.41) is 5.78. The predicted molar refractivity (Wildman–Crippen MR) is 108 cm³/mol. The molecule has 0 aliphatic rings. The first-order valence-corrected chi connectivity index (χ1v) is 9.22. The van der Waals surface area contributed by atoms with E-state index in [9.17, 15) is 9.59 Å². The highest BCUT2D eigenvalue weighted by Gasteiger charge is 2.14. The maximum atomic E-state index is 12.2. The maximum absolute atomic E-state index is 12.2. The lowest BCUT2D eigenvalue weighted by molar-refractivity contribution is -0.123. The number of benzene rings is 2. The third kappa shape index (κ3) is 6.61. The van der Waals surface area contributed by atoms with Crippen molar-refractivity contribution in [3.05, 3.63) is 64.1 Å². The fourth-order valence-corrected chi connectivity index (χ4v) is 2.77. The summed E-state index contributed by atoms with van der Waals surface area (Å²) in [6.45, 7) is 4.23. The van der Waals surface area contributed by atoms with Crippen molar-refractivity contribution in [3.63, 3.8) is 0 Å². The molecule has 0 saturated carbocycles. The summed E-state index contributed by atoms with van der Waals surface area (Å²) < 4.78 is 0.999. The summed E-state index contributed by atoms with van der Waals surface area (Å²) in [4.78, 5) is 26.0. The van der Waals surface area contributed by atoms with E-state index >= 15 is 0 Å². The number of halogens is 1. The lowest BCUT2D eigenvalue weighted by atomic mass is 10.1. The molecule has 2 N–H and O–H groups in total. The van der Waals surface area contributed by atoms with Crippen LogP contribution in [0.5, 0.6) is 0 Å². The smallest absolute Gasteiger partial charge is 0.238 e. The number of hydrogen-bond acceptors (Lipinski definition) is 3. The van der Waals surface area contributed by atoms with Gasteiger partial charge in [-0.15, -0.1) is 0 Å². The lowest BCUT2D eigenvalue weighted by Crippen LogP contribution is -2.39. The van der Waals surface area contributed by atoms with Crippen LogP contribution in [0.15, 0.2) is 53.0 Å². The average Bonchev–Trinajstić information content (AvgIpc) is 2.57. The minimum atomic E-state index is -0.148. The SMILES string of the molecule is Cc1ccc(NC(=O)CN(C)CC(=O)NC(C)c2ccc(Br)cc2)cc1. The van der Waals surface area contributed by atoms with Gasteiger partial charge < -0.3 is 10.6 Å². The fraction of sp³-hybridized carbons (Fsp3) is 0.300. The normalized spacial score (nSPS) is 11.9. The van der Waals surface area contributed by atoms with Crippen molar-refractivity contribution in [3.8, 4) is 0 Å². The third-order valence-corrected chi connectivity index (χ3v) is 4.44. The monoisotopic (exact) mass is 417 g/mol. The van der Waals surface area contributed by atoms with Crippen LogP contribution in [0.3, 0.4) is 0 Å². The Morgan fingerprint density at radius 2 is 1.58 bits per heavy atom. The Kier molecular flexibility index (Phi) is 7.36. The van der Waals surface area contributed by atoms with Gasteiger partial charge in [-0.1, -0.05) is 45.8 Å². The Morgan fingerprint density at radius 1 is 1.00 bits per heavy atom. The van der Waals surface area contributed by atoms with Crippen LogP contribution in [0.25, 0.3) is 0 Å².